The van der Waals surface area contributed by atoms with Gasteiger partial charge in [0.1, 0.15) is 0 Å². The molecule has 26 heavy (non-hydrogen) atoms. The quantitative estimate of drug-likeness (QED) is 0.641. The van der Waals surface area contributed by atoms with Gasteiger partial charge in [0.15, 0.2) is 0 Å². The molecule has 1 aromatic carbocycles. The molecule has 0 saturated heterocycles. The number of hydrogen-bond acceptors (Lipinski definition) is 3. The zero-order chi connectivity index (χ0) is 19.4. The van der Waals surface area contributed by atoms with Crippen LogP contribution in [0.1, 0.15) is 83.3 Å². The topological polar surface area (TPSA) is 69.6 Å². The highest BCUT2D eigenvalue weighted by Crippen LogP contribution is 2.38. The largest absolute Gasteiger partial charge is 0.481 e. The molecule has 0 radical (unpaired) electrons. The molecule has 0 aliphatic heterocycles. The van der Waals surface area contributed by atoms with Crippen LogP contribution >= 0.6 is 0 Å². The summed E-state index contributed by atoms with van der Waals surface area (Å²) in [5.74, 6) is -0.224. The second-order valence-corrected chi connectivity index (χ2v) is 8.26. The Bertz CT molecular complexity index is 582. The molecule has 3 N–H and O–H groups in total. The van der Waals surface area contributed by atoms with Crippen LogP contribution < -0.4 is 5.32 Å². The Labute approximate surface area is 158 Å². The van der Waals surface area contributed by atoms with Gasteiger partial charge in [-0.3, -0.25) is 4.79 Å². The Hall–Kier alpha value is -1.39. The molecule has 1 aliphatic rings. The summed E-state index contributed by atoms with van der Waals surface area (Å²) in [7, 11) is 0. The zero-order valence-corrected chi connectivity index (χ0v) is 16.7. The number of rotatable bonds is 8. The first-order valence-electron chi connectivity index (χ1n) is 10.1. The molecule has 1 aromatic rings. The molecule has 0 spiro atoms. The highest BCUT2D eigenvalue weighted by atomic mass is 16.4. The fourth-order valence-electron chi connectivity index (χ4n) is 3.98. The van der Waals surface area contributed by atoms with Crippen molar-refractivity contribution < 1.29 is 15.0 Å². The lowest BCUT2D eigenvalue weighted by Crippen LogP contribution is -2.46. The second-order valence-electron chi connectivity index (χ2n) is 8.26. The van der Waals surface area contributed by atoms with Crippen LogP contribution in [0.2, 0.25) is 0 Å². The maximum absolute atomic E-state index is 11.6. The molecular weight excluding hydrogens is 326 g/mol. The van der Waals surface area contributed by atoms with Crippen molar-refractivity contribution in [1.82, 2.24) is 5.32 Å². The molecule has 2 rings (SSSR count). The molecule has 0 unspecified atom stereocenters. The summed E-state index contributed by atoms with van der Waals surface area (Å²) in [6, 6.07) is 8.64. The minimum absolute atomic E-state index is 0.280. The fourth-order valence-corrected chi connectivity index (χ4v) is 3.98. The third-order valence-electron chi connectivity index (χ3n) is 6.46. The van der Waals surface area contributed by atoms with Crippen molar-refractivity contribution in [3.8, 4) is 0 Å². The van der Waals surface area contributed by atoms with Gasteiger partial charge in [0.25, 0.3) is 0 Å². The van der Waals surface area contributed by atoms with E-state index in [9.17, 15) is 15.0 Å². The van der Waals surface area contributed by atoms with Crippen molar-refractivity contribution >= 4 is 5.97 Å². The Morgan fingerprint density at radius 1 is 1.19 bits per heavy atom. The van der Waals surface area contributed by atoms with Crippen LogP contribution in [0.25, 0.3) is 0 Å². The molecule has 0 heterocycles. The fraction of sp³-hybridized carbons (Fsp3) is 0.682. The molecule has 0 bridgehead atoms. The molecule has 1 saturated carbocycles. The summed E-state index contributed by atoms with van der Waals surface area (Å²) >= 11 is 0. The first-order valence-corrected chi connectivity index (χ1v) is 10.1. The maximum atomic E-state index is 11.6. The van der Waals surface area contributed by atoms with Crippen LogP contribution in [-0.4, -0.2) is 28.8 Å². The average molecular weight is 362 g/mol. The Morgan fingerprint density at radius 3 is 2.15 bits per heavy atom. The van der Waals surface area contributed by atoms with Gasteiger partial charge in [0.05, 0.1) is 11.0 Å². The summed E-state index contributed by atoms with van der Waals surface area (Å²) < 4.78 is 0. The number of nitrogens with one attached hydrogen (secondary N) is 1. The summed E-state index contributed by atoms with van der Waals surface area (Å²) in [6.07, 6.45) is 4.42. The summed E-state index contributed by atoms with van der Waals surface area (Å²) in [5.41, 5.74) is 0.854. The molecule has 0 atom stereocenters. The van der Waals surface area contributed by atoms with E-state index in [-0.39, 0.29) is 6.04 Å². The van der Waals surface area contributed by atoms with Gasteiger partial charge >= 0.3 is 5.97 Å². The van der Waals surface area contributed by atoms with Crippen molar-refractivity contribution in [2.45, 2.75) is 83.8 Å². The predicted octanol–water partition coefficient (Wildman–Crippen LogP) is 4.42. The first kappa shape index (κ1) is 20.9. The maximum Gasteiger partial charge on any atom is 0.310 e. The van der Waals surface area contributed by atoms with Crippen molar-refractivity contribution in [1.29, 1.82) is 0 Å². The number of aliphatic hydroxyl groups is 1. The number of carboxylic acids is 1. The number of hydrogen-bond donors (Lipinski definition) is 3. The van der Waals surface area contributed by atoms with Gasteiger partial charge in [0, 0.05) is 12.6 Å². The third kappa shape index (κ3) is 4.47. The lowest BCUT2D eigenvalue weighted by Gasteiger charge is -2.38. The standard InChI is InChI=1S/C22H35NO3/c1-5-21(6-2,20(24)25)15-23-19-11-13-22(26,14-12-19)18-9-7-17(8-10-18)16(3)4/h7-10,16,19,23,26H,5-6,11-15H2,1-4H3,(H,24,25). The van der Waals surface area contributed by atoms with Crippen LogP contribution in [0.5, 0.6) is 0 Å². The smallest absolute Gasteiger partial charge is 0.310 e. The summed E-state index contributed by atoms with van der Waals surface area (Å²) in [5, 5.41) is 24.1. The van der Waals surface area contributed by atoms with E-state index in [1.807, 2.05) is 13.8 Å². The van der Waals surface area contributed by atoms with Crippen LogP contribution in [0.4, 0.5) is 0 Å². The zero-order valence-electron chi connectivity index (χ0n) is 16.7. The lowest BCUT2D eigenvalue weighted by molar-refractivity contribution is -0.149. The molecule has 4 nitrogen and oxygen atoms in total. The van der Waals surface area contributed by atoms with Crippen LogP contribution in [-0.2, 0) is 10.4 Å². The average Bonchev–Trinajstić information content (AvgIpc) is 2.64. The third-order valence-corrected chi connectivity index (χ3v) is 6.46. The minimum atomic E-state index is -0.757. The first-order chi connectivity index (χ1) is 12.3. The number of benzene rings is 1. The van der Waals surface area contributed by atoms with Gasteiger partial charge < -0.3 is 15.5 Å². The van der Waals surface area contributed by atoms with Crippen molar-refractivity contribution in [2.24, 2.45) is 5.41 Å². The highest BCUT2D eigenvalue weighted by molar-refractivity contribution is 5.74. The van der Waals surface area contributed by atoms with Gasteiger partial charge in [-0.15, -0.1) is 0 Å². The van der Waals surface area contributed by atoms with Crippen LogP contribution in [0.15, 0.2) is 24.3 Å². The molecule has 0 aromatic heterocycles. The van der Waals surface area contributed by atoms with E-state index in [1.165, 1.54) is 5.56 Å². The lowest BCUT2D eigenvalue weighted by atomic mass is 9.76. The van der Waals surface area contributed by atoms with E-state index in [1.54, 1.807) is 0 Å². The second kappa shape index (κ2) is 8.53. The van der Waals surface area contributed by atoms with Gasteiger partial charge in [0.2, 0.25) is 0 Å². The van der Waals surface area contributed by atoms with Crippen molar-refractivity contribution in [2.75, 3.05) is 6.54 Å². The molecule has 146 valence electrons. The number of carboxylic acid groups (broad SMARTS) is 1. The van der Waals surface area contributed by atoms with Gasteiger partial charge in [-0.1, -0.05) is 52.0 Å². The highest BCUT2D eigenvalue weighted by Gasteiger charge is 2.38. The van der Waals surface area contributed by atoms with Crippen molar-refractivity contribution in [3.05, 3.63) is 35.4 Å². The van der Waals surface area contributed by atoms with E-state index in [4.69, 9.17) is 0 Å². The molecule has 4 heteroatoms. The summed E-state index contributed by atoms with van der Waals surface area (Å²) in [4.78, 5) is 11.6. The Kier molecular flexibility index (Phi) is 6.86. The van der Waals surface area contributed by atoms with E-state index in [2.05, 4.69) is 43.4 Å². The SMILES string of the molecule is CCC(CC)(CNC1CCC(O)(c2ccc(C(C)C)cc2)CC1)C(=O)O. The van der Waals surface area contributed by atoms with E-state index >= 15 is 0 Å². The number of aliphatic carboxylic acids is 1. The van der Waals surface area contributed by atoms with E-state index in [0.717, 1.165) is 18.4 Å². The Balaban J connectivity index is 1.94. The van der Waals surface area contributed by atoms with Crippen LogP contribution in [0, 0.1) is 5.41 Å². The van der Waals surface area contributed by atoms with Gasteiger partial charge in [-0.2, -0.15) is 0 Å². The van der Waals surface area contributed by atoms with E-state index < -0.39 is 17.0 Å². The predicted molar refractivity (Wildman–Crippen MR) is 105 cm³/mol. The molecule has 0 amide bonds. The minimum Gasteiger partial charge on any atom is -0.481 e. The van der Waals surface area contributed by atoms with E-state index in [0.29, 0.717) is 38.1 Å². The van der Waals surface area contributed by atoms with Gasteiger partial charge in [-0.05, 0) is 55.6 Å². The monoisotopic (exact) mass is 361 g/mol. The molecular formula is C22H35NO3. The van der Waals surface area contributed by atoms with Crippen LogP contribution in [0.3, 0.4) is 0 Å². The Morgan fingerprint density at radius 2 is 1.73 bits per heavy atom. The normalized spacial score (nSPS) is 24.0. The molecule has 1 fully saturated rings. The van der Waals surface area contributed by atoms with Gasteiger partial charge in [-0.25, -0.2) is 0 Å². The summed E-state index contributed by atoms with van der Waals surface area (Å²) in [6.45, 7) is 8.73. The number of carbonyl (C=O) groups is 1. The molecule has 1 aliphatic carbocycles. The van der Waals surface area contributed by atoms with Crippen molar-refractivity contribution in [3.63, 3.8) is 0 Å².